The minimum Gasteiger partial charge on any atom is -0.481 e. The van der Waals surface area contributed by atoms with Gasteiger partial charge in [-0.3, -0.25) is 9.59 Å². The predicted octanol–water partition coefficient (Wildman–Crippen LogP) is 1.12. The van der Waals surface area contributed by atoms with Gasteiger partial charge in [-0.05, 0) is 24.3 Å². The lowest BCUT2D eigenvalue weighted by Crippen LogP contribution is -2.56. The first-order valence-electron chi connectivity index (χ1n) is 5.59. The molecule has 2 N–H and O–H groups in total. The predicted molar refractivity (Wildman–Crippen MR) is 67.8 cm³/mol. The number of anilines is 1. The van der Waals surface area contributed by atoms with Crippen molar-refractivity contribution in [1.82, 2.24) is 5.32 Å². The number of amides is 1. The van der Waals surface area contributed by atoms with Gasteiger partial charge >= 0.3 is 5.97 Å². The summed E-state index contributed by atoms with van der Waals surface area (Å²) in [5.41, 5.74) is 0.806. The first-order valence-corrected chi connectivity index (χ1v) is 5.97. The number of halogens is 1. The van der Waals surface area contributed by atoms with Crippen molar-refractivity contribution in [3.63, 3.8) is 0 Å². The van der Waals surface area contributed by atoms with E-state index in [1.807, 2.05) is 0 Å². The number of hydrogen-bond donors (Lipinski definition) is 2. The molecule has 6 heteroatoms. The van der Waals surface area contributed by atoms with Crippen molar-refractivity contribution in [3.8, 4) is 0 Å². The second-order valence-corrected chi connectivity index (χ2v) is 4.51. The number of benzene rings is 1. The molecule has 2 rings (SSSR count). The average Bonchev–Trinajstić information content (AvgIpc) is 2.32. The van der Waals surface area contributed by atoms with Crippen LogP contribution in [0.1, 0.15) is 6.42 Å². The molecule has 1 atom stereocenters. The highest BCUT2D eigenvalue weighted by molar-refractivity contribution is 6.30. The van der Waals surface area contributed by atoms with Crippen LogP contribution in [-0.4, -0.2) is 36.1 Å². The Bertz CT molecular complexity index is 461. The van der Waals surface area contributed by atoms with Crippen LogP contribution in [0, 0.1) is 0 Å². The zero-order chi connectivity index (χ0) is 13.1. The van der Waals surface area contributed by atoms with Crippen LogP contribution in [0.4, 0.5) is 5.69 Å². The first kappa shape index (κ1) is 12.7. The standard InChI is InChI=1S/C12H13ClN2O3/c13-8-1-3-9(4-2-8)15-6-5-14-12(18)10(15)7-11(16)17/h1-4,10H,5-7H2,(H,14,18)(H,16,17). The van der Waals surface area contributed by atoms with Crippen LogP contribution in [0.2, 0.25) is 5.02 Å². The van der Waals surface area contributed by atoms with Crippen LogP contribution in [0.3, 0.4) is 0 Å². The first-order chi connectivity index (χ1) is 8.58. The van der Waals surface area contributed by atoms with E-state index < -0.39 is 12.0 Å². The molecule has 1 heterocycles. The second kappa shape index (κ2) is 5.27. The van der Waals surface area contributed by atoms with E-state index in [0.29, 0.717) is 18.1 Å². The molecular formula is C12H13ClN2O3. The van der Waals surface area contributed by atoms with Gasteiger partial charge in [-0.25, -0.2) is 0 Å². The summed E-state index contributed by atoms with van der Waals surface area (Å²) in [5.74, 6) is -1.24. The monoisotopic (exact) mass is 268 g/mol. The van der Waals surface area contributed by atoms with Crippen molar-refractivity contribution in [2.75, 3.05) is 18.0 Å². The third kappa shape index (κ3) is 2.73. The SMILES string of the molecule is O=C(O)CC1C(=O)NCCN1c1ccc(Cl)cc1. The summed E-state index contributed by atoms with van der Waals surface area (Å²) in [5, 5.41) is 12.1. The summed E-state index contributed by atoms with van der Waals surface area (Å²) in [6.07, 6.45) is -0.214. The van der Waals surface area contributed by atoms with E-state index in [1.54, 1.807) is 29.2 Å². The van der Waals surface area contributed by atoms with E-state index in [0.717, 1.165) is 5.69 Å². The minimum atomic E-state index is -0.990. The second-order valence-electron chi connectivity index (χ2n) is 4.07. The Morgan fingerprint density at radius 3 is 2.72 bits per heavy atom. The summed E-state index contributed by atoms with van der Waals surface area (Å²) in [6, 6.07) is 6.35. The van der Waals surface area contributed by atoms with Crippen molar-refractivity contribution < 1.29 is 14.7 Å². The maximum atomic E-state index is 11.7. The molecule has 0 spiro atoms. The zero-order valence-electron chi connectivity index (χ0n) is 9.60. The normalized spacial score (nSPS) is 19.5. The summed E-state index contributed by atoms with van der Waals surface area (Å²) in [6.45, 7) is 1.10. The van der Waals surface area contributed by atoms with Crippen LogP contribution in [0.15, 0.2) is 24.3 Å². The van der Waals surface area contributed by atoms with Gasteiger partial charge in [0, 0.05) is 23.8 Å². The topological polar surface area (TPSA) is 69.6 Å². The van der Waals surface area contributed by atoms with Crippen LogP contribution >= 0.6 is 11.6 Å². The van der Waals surface area contributed by atoms with Crippen LogP contribution in [0.5, 0.6) is 0 Å². The highest BCUT2D eigenvalue weighted by Gasteiger charge is 2.31. The van der Waals surface area contributed by atoms with Crippen molar-refractivity contribution in [1.29, 1.82) is 0 Å². The molecule has 5 nitrogen and oxygen atoms in total. The van der Waals surface area contributed by atoms with E-state index in [1.165, 1.54) is 0 Å². The van der Waals surface area contributed by atoms with Gasteiger partial charge in [-0.1, -0.05) is 11.6 Å². The molecule has 1 aromatic rings. The fourth-order valence-corrected chi connectivity index (χ4v) is 2.15. The molecule has 0 saturated carbocycles. The molecule has 1 aromatic carbocycles. The lowest BCUT2D eigenvalue weighted by molar-refractivity contribution is -0.139. The molecule has 0 radical (unpaired) electrons. The molecule has 1 aliphatic heterocycles. The van der Waals surface area contributed by atoms with E-state index in [2.05, 4.69) is 5.32 Å². The van der Waals surface area contributed by atoms with Gasteiger partial charge < -0.3 is 15.3 Å². The van der Waals surface area contributed by atoms with E-state index >= 15 is 0 Å². The minimum absolute atomic E-state index is 0.214. The Kier molecular flexibility index (Phi) is 3.72. The summed E-state index contributed by atoms with van der Waals surface area (Å²) >= 11 is 5.81. The largest absolute Gasteiger partial charge is 0.481 e. The van der Waals surface area contributed by atoms with Crippen LogP contribution in [0.25, 0.3) is 0 Å². The van der Waals surface area contributed by atoms with Gasteiger partial charge in [0.2, 0.25) is 5.91 Å². The number of aliphatic carboxylic acids is 1. The Balaban J connectivity index is 2.24. The Labute approximate surface area is 109 Å². The van der Waals surface area contributed by atoms with E-state index in [9.17, 15) is 9.59 Å². The van der Waals surface area contributed by atoms with Gasteiger partial charge in [-0.2, -0.15) is 0 Å². The van der Waals surface area contributed by atoms with E-state index in [-0.39, 0.29) is 12.3 Å². The zero-order valence-corrected chi connectivity index (χ0v) is 10.4. The fourth-order valence-electron chi connectivity index (χ4n) is 2.02. The highest BCUT2D eigenvalue weighted by Crippen LogP contribution is 2.22. The van der Waals surface area contributed by atoms with E-state index in [4.69, 9.17) is 16.7 Å². The number of carbonyl (C=O) groups is 2. The van der Waals surface area contributed by atoms with Gasteiger partial charge in [-0.15, -0.1) is 0 Å². The molecule has 1 unspecified atom stereocenters. The maximum absolute atomic E-state index is 11.7. The smallest absolute Gasteiger partial charge is 0.305 e. The number of nitrogens with one attached hydrogen (secondary N) is 1. The van der Waals surface area contributed by atoms with Gasteiger partial charge in [0.1, 0.15) is 6.04 Å². The van der Waals surface area contributed by atoms with Gasteiger partial charge in [0.15, 0.2) is 0 Å². The van der Waals surface area contributed by atoms with Crippen molar-refractivity contribution >= 4 is 29.2 Å². The number of piperazine rings is 1. The Morgan fingerprint density at radius 1 is 1.44 bits per heavy atom. The van der Waals surface area contributed by atoms with Crippen LogP contribution in [-0.2, 0) is 9.59 Å². The lowest BCUT2D eigenvalue weighted by Gasteiger charge is -2.36. The van der Waals surface area contributed by atoms with Gasteiger partial charge in [0.05, 0.1) is 6.42 Å². The molecule has 96 valence electrons. The number of hydrogen-bond acceptors (Lipinski definition) is 3. The average molecular weight is 269 g/mol. The Morgan fingerprint density at radius 2 is 2.11 bits per heavy atom. The van der Waals surface area contributed by atoms with Crippen molar-refractivity contribution in [3.05, 3.63) is 29.3 Å². The number of carboxylic acid groups (broad SMARTS) is 1. The Hall–Kier alpha value is -1.75. The molecule has 0 aromatic heterocycles. The summed E-state index contributed by atoms with van der Waals surface area (Å²) in [4.78, 5) is 24.3. The number of carboxylic acids is 1. The molecule has 0 aliphatic carbocycles. The lowest BCUT2D eigenvalue weighted by atomic mass is 10.1. The van der Waals surface area contributed by atoms with Crippen molar-refractivity contribution in [2.24, 2.45) is 0 Å². The molecule has 1 saturated heterocycles. The number of carbonyl (C=O) groups excluding carboxylic acids is 1. The molecule has 1 fully saturated rings. The molecule has 1 amide bonds. The molecule has 1 aliphatic rings. The summed E-state index contributed by atoms with van der Waals surface area (Å²) in [7, 11) is 0. The molecule has 0 bridgehead atoms. The number of rotatable bonds is 3. The molecule has 18 heavy (non-hydrogen) atoms. The highest BCUT2D eigenvalue weighted by atomic mass is 35.5. The molecular weight excluding hydrogens is 256 g/mol. The van der Waals surface area contributed by atoms with Crippen LogP contribution < -0.4 is 10.2 Å². The fraction of sp³-hybridized carbons (Fsp3) is 0.333. The van der Waals surface area contributed by atoms with Gasteiger partial charge in [0.25, 0.3) is 0 Å². The maximum Gasteiger partial charge on any atom is 0.305 e. The third-order valence-electron chi connectivity index (χ3n) is 2.86. The van der Waals surface area contributed by atoms with Crippen molar-refractivity contribution in [2.45, 2.75) is 12.5 Å². The third-order valence-corrected chi connectivity index (χ3v) is 3.11. The number of nitrogens with zero attached hydrogens (tertiary/aromatic N) is 1. The summed E-state index contributed by atoms with van der Waals surface area (Å²) < 4.78 is 0. The quantitative estimate of drug-likeness (QED) is 0.862.